The Kier molecular flexibility index (Phi) is 7.65. The second-order valence-corrected chi connectivity index (χ2v) is 7.78. The molecule has 6 nitrogen and oxygen atoms in total. The second-order valence-electron chi connectivity index (χ2n) is 7.40. The van der Waals surface area contributed by atoms with Gasteiger partial charge in [0.15, 0.2) is 18.1 Å². The Balaban J connectivity index is 1.64. The zero-order valence-electron chi connectivity index (χ0n) is 17.8. The fourth-order valence-corrected chi connectivity index (χ4v) is 3.59. The lowest BCUT2D eigenvalue weighted by Crippen LogP contribution is -2.46. The number of thiocarbonyl (C=S) groups is 1. The van der Waals surface area contributed by atoms with E-state index in [1.165, 1.54) is 0 Å². The van der Waals surface area contributed by atoms with Crippen molar-refractivity contribution in [3.63, 3.8) is 0 Å². The molecule has 1 heterocycles. The van der Waals surface area contributed by atoms with Crippen molar-refractivity contribution < 1.29 is 14.3 Å². The van der Waals surface area contributed by atoms with E-state index >= 15 is 0 Å². The van der Waals surface area contributed by atoms with Crippen LogP contribution in [0.5, 0.6) is 11.5 Å². The van der Waals surface area contributed by atoms with Gasteiger partial charge in [-0.05, 0) is 56.8 Å². The van der Waals surface area contributed by atoms with Gasteiger partial charge in [-0.25, -0.2) is 0 Å². The summed E-state index contributed by atoms with van der Waals surface area (Å²) in [5, 5.41) is 2.84. The lowest BCUT2D eigenvalue weighted by atomic mass is 10.1. The zero-order valence-corrected chi connectivity index (χ0v) is 18.6. The molecule has 2 aromatic carbocycles. The molecule has 0 spiro atoms. The maximum atomic E-state index is 12.3. The molecule has 1 fully saturated rings. The van der Waals surface area contributed by atoms with Crippen molar-refractivity contribution in [3.8, 4) is 11.5 Å². The van der Waals surface area contributed by atoms with Crippen molar-refractivity contribution in [2.45, 2.75) is 13.8 Å². The van der Waals surface area contributed by atoms with Gasteiger partial charge < -0.3 is 24.6 Å². The summed E-state index contributed by atoms with van der Waals surface area (Å²) in [6.07, 6.45) is 0. The maximum absolute atomic E-state index is 12.3. The summed E-state index contributed by atoms with van der Waals surface area (Å²) in [6.45, 7) is 8.11. The number of piperazine rings is 1. The average molecular weight is 428 g/mol. The minimum Gasteiger partial charge on any atom is -0.490 e. The highest BCUT2D eigenvalue weighted by Crippen LogP contribution is 2.29. The van der Waals surface area contributed by atoms with Crippen LogP contribution in [0.3, 0.4) is 0 Å². The van der Waals surface area contributed by atoms with Gasteiger partial charge in [0.2, 0.25) is 0 Å². The molecule has 0 aromatic heterocycles. The Morgan fingerprint density at radius 3 is 2.53 bits per heavy atom. The van der Waals surface area contributed by atoms with Crippen LogP contribution >= 0.6 is 12.2 Å². The number of ether oxygens (including phenoxy) is 2. The number of hydrogen-bond acceptors (Lipinski definition) is 5. The van der Waals surface area contributed by atoms with E-state index in [0.29, 0.717) is 18.1 Å². The summed E-state index contributed by atoms with van der Waals surface area (Å²) in [5.74, 6) is 0.899. The van der Waals surface area contributed by atoms with E-state index in [2.05, 4.69) is 22.2 Å². The number of nitrogens with one attached hydrogen (secondary N) is 1. The van der Waals surface area contributed by atoms with E-state index in [9.17, 15) is 4.79 Å². The lowest BCUT2D eigenvalue weighted by Gasteiger charge is -2.34. The van der Waals surface area contributed by atoms with Crippen LogP contribution in [0.1, 0.15) is 18.1 Å². The van der Waals surface area contributed by atoms with Crippen LogP contribution in [0, 0.1) is 6.92 Å². The number of carbonyl (C=O) groups excluding carboxylic acids is 1. The molecular formula is C23H29N3O3S. The maximum Gasteiger partial charge on any atom is 0.262 e. The molecule has 0 radical (unpaired) electrons. The molecule has 1 aliphatic rings. The topological polar surface area (TPSA) is 54.0 Å². The molecule has 0 atom stereocenters. The quantitative estimate of drug-likeness (QED) is 0.684. The lowest BCUT2D eigenvalue weighted by molar-refractivity contribution is -0.118. The van der Waals surface area contributed by atoms with Gasteiger partial charge in [0.05, 0.1) is 6.61 Å². The highest BCUT2D eigenvalue weighted by Gasteiger charge is 2.19. The Hall–Kier alpha value is -2.64. The number of rotatable bonds is 7. The number of benzene rings is 2. The number of anilines is 1. The fraction of sp³-hybridized carbons (Fsp3) is 0.391. The minimum atomic E-state index is -0.222. The second kappa shape index (κ2) is 10.4. The molecule has 30 heavy (non-hydrogen) atoms. The van der Waals surface area contributed by atoms with Crippen LogP contribution in [0.25, 0.3) is 0 Å². The molecular weight excluding hydrogens is 398 g/mol. The summed E-state index contributed by atoms with van der Waals surface area (Å²) in [7, 11) is 2.12. The molecule has 0 unspecified atom stereocenters. The molecule has 0 bridgehead atoms. The Labute approximate surface area is 183 Å². The molecule has 160 valence electrons. The third kappa shape index (κ3) is 5.93. The number of likely N-dealkylation sites (N-methyl/N-ethyl adjacent to an activating group) is 1. The summed E-state index contributed by atoms with van der Waals surface area (Å²) in [5.41, 5.74) is 2.76. The number of amides is 1. The van der Waals surface area contributed by atoms with Crippen molar-refractivity contribution in [2.24, 2.45) is 0 Å². The largest absolute Gasteiger partial charge is 0.490 e. The number of nitrogens with zero attached hydrogens (tertiary/aromatic N) is 2. The van der Waals surface area contributed by atoms with Gasteiger partial charge >= 0.3 is 0 Å². The predicted molar refractivity (Wildman–Crippen MR) is 124 cm³/mol. The first-order valence-corrected chi connectivity index (χ1v) is 10.6. The van der Waals surface area contributed by atoms with Gasteiger partial charge in [0.1, 0.15) is 4.99 Å². The Bertz CT molecular complexity index is 895. The first-order chi connectivity index (χ1) is 14.5. The fourth-order valence-electron chi connectivity index (χ4n) is 3.28. The van der Waals surface area contributed by atoms with Crippen LogP contribution in [-0.2, 0) is 4.79 Å². The molecule has 1 aliphatic heterocycles. The van der Waals surface area contributed by atoms with Crippen molar-refractivity contribution in [1.29, 1.82) is 0 Å². The van der Waals surface area contributed by atoms with Crippen molar-refractivity contribution >= 4 is 28.8 Å². The van der Waals surface area contributed by atoms with Crippen LogP contribution < -0.4 is 14.8 Å². The third-order valence-electron chi connectivity index (χ3n) is 4.94. The van der Waals surface area contributed by atoms with Crippen molar-refractivity contribution in [2.75, 3.05) is 51.8 Å². The van der Waals surface area contributed by atoms with E-state index in [4.69, 9.17) is 21.7 Å². The molecule has 0 aliphatic carbocycles. The summed E-state index contributed by atoms with van der Waals surface area (Å²) < 4.78 is 11.5. The summed E-state index contributed by atoms with van der Waals surface area (Å²) >= 11 is 5.70. The third-order valence-corrected chi connectivity index (χ3v) is 5.44. The molecule has 0 saturated carbocycles. The Morgan fingerprint density at radius 1 is 1.07 bits per heavy atom. The normalized spacial score (nSPS) is 14.3. The zero-order chi connectivity index (χ0) is 21.5. The van der Waals surface area contributed by atoms with Gasteiger partial charge in [-0.1, -0.05) is 24.4 Å². The highest BCUT2D eigenvalue weighted by molar-refractivity contribution is 7.80. The van der Waals surface area contributed by atoms with Crippen molar-refractivity contribution in [3.05, 3.63) is 53.6 Å². The SMILES string of the molecule is CCOc1cc(C(=S)N2CCN(C)CC2)ccc1OCC(=O)Nc1cccc(C)c1. The molecule has 1 N–H and O–H groups in total. The van der Waals surface area contributed by atoms with E-state index in [-0.39, 0.29) is 12.5 Å². The van der Waals surface area contributed by atoms with Gasteiger partial charge in [-0.3, -0.25) is 4.79 Å². The molecule has 3 rings (SSSR count). The predicted octanol–water partition coefficient (Wildman–Crippen LogP) is 3.33. The van der Waals surface area contributed by atoms with Gasteiger partial charge in [-0.2, -0.15) is 0 Å². The highest BCUT2D eigenvalue weighted by atomic mass is 32.1. The van der Waals surface area contributed by atoms with E-state index in [1.807, 2.05) is 56.3 Å². The number of hydrogen-bond donors (Lipinski definition) is 1. The van der Waals surface area contributed by atoms with Gasteiger partial charge in [0, 0.05) is 37.4 Å². The number of carbonyl (C=O) groups is 1. The van der Waals surface area contributed by atoms with Crippen LogP contribution in [0.4, 0.5) is 5.69 Å². The smallest absolute Gasteiger partial charge is 0.262 e. The molecule has 1 amide bonds. The van der Waals surface area contributed by atoms with Crippen molar-refractivity contribution in [1.82, 2.24) is 9.80 Å². The van der Waals surface area contributed by atoms with Gasteiger partial charge in [-0.15, -0.1) is 0 Å². The minimum absolute atomic E-state index is 0.101. The molecule has 1 saturated heterocycles. The van der Waals surface area contributed by atoms with E-state index < -0.39 is 0 Å². The summed E-state index contributed by atoms with van der Waals surface area (Å²) in [4.78, 5) is 17.6. The number of aryl methyl sites for hydroxylation is 1. The van der Waals surface area contributed by atoms with E-state index in [1.54, 1.807) is 0 Å². The van der Waals surface area contributed by atoms with E-state index in [0.717, 1.165) is 48.0 Å². The van der Waals surface area contributed by atoms with Crippen LogP contribution in [0.2, 0.25) is 0 Å². The molecule has 2 aromatic rings. The standard InChI is InChI=1S/C23H29N3O3S/c1-4-28-21-15-18(23(30)26-12-10-25(3)11-13-26)8-9-20(21)29-16-22(27)24-19-7-5-6-17(2)14-19/h5-9,14-15H,4,10-13,16H2,1-3H3,(H,24,27). The first kappa shape index (κ1) is 22.1. The van der Waals surface area contributed by atoms with Crippen LogP contribution in [-0.4, -0.2) is 67.1 Å². The Morgan fingerprint density at radius 2 is 1.83 bits per heavy atom. The monoisotopic (exact) mass is 427 g/mol. The summed E-state index contributed by atoms with van der Waals surface area (Å²) in [6, 6.07) is 13.3. The van der Waals surface area contributed by atoms with Gasteiger partial charge in [0.25, 0.3) is 5.91 Å². The average Bonchev–Trinajstić information content (AvgIpc) is 2.73. The first-order valence-electron chi connectivity index (χ1n) is 10.2. The molecule has 7 heteroatoms. The van der Waals surface area contributed by atoms with Crippen LogP contribution in [0.15, 0.2) is 42.5 Å².